The van der Waals surface area contributed by atoms with Gasteiger partial charge in [-0.3, -0.25) is 4.98 Å². The Balaban J connectivity index is 2.61. The molecule has 0 aliphatic carbocycles. The van der Waals surface area contributed by atoms with E-state index in [2.05, 4.69) is 41.9 Å². The van der Waals surface area contributed by atoms with Crippen LogP contribution in [-0.2, 0) is 7.05 Å². The zero-order valence-corrected chi connectivity index (χ0v) is 8.28. The second-order valence-corrected chi connectivity index (χ2v) is 3.82. The minimum absolute atomic E-state index is 0.504. The average Bonchev–Trinajstić information content (AvgIpc) is 2.42. The van der Waals surface area contributed by atoms with Crippen molar-refractivity contribution >= 4 is 10.8 Å². The quantitative estimate of drug-likeness (QED) is 0.650. The molecule has 0 aliphatic heterocycles. The van der Waals surface area contributed by atoms with Gasteiger partial charge in [0.15, 0.2) is 0 Å². The highest BCUT2D eigenvalue weighted by Crippen LogP contribution is 2.18. The molecule has 2 heterocycles. The summed E-state index contributed by atoms with van der Waals surface area (Å²) in [5, 5.41) is 2.49. The van der Waals surface area contributed by atoms with Crippen molar-refractivity contribution in [2.24, 2.45) is 7.05 Å². The summed E-state index contributed by atoms with van der Waals surface area (Å²) in [6.45, 7) is 4.33. The first-order chi connectivity index (χ1) is 6.16. The van der Waals surface area contributed by atoms with Gasteiger partial charge < -0.3 is 4.57 Å². The third kappa shape index (κ3) is 1.44. The van der Waals surface area contributed by atoms with Crippen LogP contribution < -0.4 is 0 Å². The standard InChI is InChI=1S/C11H14N2/c1-8(2)11-4-9-6-13(3)7-10(9)5-12-11/h4-8H,1-3H3. The topological polar surface area (TPSA) is 17.8 Å². The predicted molar refractivity (Wildman–Crippen MR) is 54.8 cm³/mol. The molecule has 2 aromatic heterocycles. The highest BCUT2D eigenvalue weighted by molar-refractivity contribution is 5.81. The first kappa shape index (κ1) is 8.30. The van der Waals surface area contributed by atoms with Crippen molar-refractivity contribution in [2.45, 2.75) is 19.8 Å². The summed E-state index contributed by atoms with van der Waals surface area (Å²) in [5.74, 6) is 0.504. The predicted octanol–water partition coefficient (Wildman–Crippen LogP) is 2.70. The Labute approximate surface area is 78.2 Å². The maximum Gasteiger partial charge on any atom is 0.0435 e. The molecule has 2 aromatic rings. The molecule has 0 amide bonds. The van der Waals surface area contributed by atoms with Gasteiger partial charge in [-0.2, -0.15) is 0 Å². The van der Waals surface area contributed by atoms with Crippen LogP contribution in [0.1, 0.15) is 25.5 Å². The van der Waals surface area contributed by atoms with E-state index >= 15 is 0 Å². The van der Waals surface area contributed by atoms with E-state index in [-0.39, 0.29) is 0 Å². The Morgan fingerprint density at radius 3 is 2.62 bits per heavy atom. The van der Waals surface area contributed by atoms with E-state index in [0.29, 0.717) is 5.92 Å². The molecule has 0 N–H and O–H groups in total. The Hall–Kier alpha value is -1.31. The smallest absolute Gasteiger partial charge is 0.0435 e. The molecule has 0 atom stereocenters. The molecule has 2 nitrogen and oxygen atoms in total. The first-order valence-corrected chi connectivity index (χ1v) is 4.58. The Morgan fingerprint density at radius 1 is 1.23 bits per heavy atom. The zero-order chi connectivity index (χ0) is 9.42. The summed E-state index contributed by atoms with van der Waals surface area (Å²) in [6.07, 6.45) is 6.17. The van der Waals surface area contributed by atoms with Crippen LogP contribution in [0.25, 0.3) is 10.8 Å². The van der Waals surface area contributed by atoms with Crippen molar-refractivity contribution in [3.8, 4) is 0 Å². The van der Waals surface area contributed by atoms with Gasteiger partial charge in [-0.1, -0.05) is 13.8 Å². The molecule has 0 spiro atoms. The van der Waals surface area contributed by atoms with Crippen molar-refractivity contribution in [3.63, 3.8) is 0 Å². The number of aromatic nitrogens is 2. The first-order valence-electron chi connectivity index (χ1n) is 4.58. The molecule has 0 aliphatic rings. The van der Waals surface area contributed by atoms with Gasteiger partial charge in [0.05, 0.1) is 0 Å². The van der Waals surface area contributed by atoms with Gasteiger partial charge in [-0.15, -0.1) is 0 Å². The number of hydrogen-bond donors (Lipinski definition) is 0. The van der Waals surface area contributed by atoms with Gasteiger partial charge in [0.1, 0.15) is 0 Å². The van der Waals surface area contributed by atoms with E-state index in [4.69, 9.17) is 0 Å². The lowest BCUT2D eigenvalue weighted by Crippen LogP contribution is -1.90. The van der Waals surface area contributed by atoms with E-state index in [1.54, 1.807) is 0 Å². The van der Waals surface area contributed by atoms with E-state index in [1.165, 1.54) is 16.5 Å². The summed E-state index contributed by atoms with van der Waals surface area (Å²) in [6, 6.07) is 2.17. The number of nitrogens with zero attached hydrogens (tertiary/aromatic N) is 2. The summed E-state index contributed by atoms with van der Waals surface area (Å²) in [5.41, 5.74) is 1.17. The molecule has 2 heteroatoms. The fourth-order valence-corrected chi connectivity index (χ4v) is 1.51. The second kappa shape index (κ2) is 2.87. The molecule has 2 rings (SSSR count). The van der Waals surface area contributed by atoms with E-state index in [0.717, 1.165) is 0 Å². The lowest BCUT2D eigenvalue weighted by Gasteiger charge is -2.02. The highest BCUT2D eigenvalue weighted by Gasteiger charge is 2.02. The average molecular weight is 174 g/mol. The maximum atomic E-state index is 4.41. The summed E-state index contributed by atoms with van der Waals surface area (Å²) in [4.78, 5) is 4.41. The van der Waals surface area contributed by atoms with Crippen LogP contribution in [0.5, 0.6) is 0 Å². The van der Waals surface area contributed by atoms with Crippen LogP contribution in [0, 0.1) is 0 Å². The Kier molecular flexibility index (Phi) is 1.83. The molecule has 0 saturated carbocycles. The number of aryl methyl sites for hydroxylation is 1. The van der Waals surface area contributed by atoms with Crippen LogP contribution in [0.2, 0.25) is 0 Å². The third-order valence-corrected chi connectivity index (χ3v) is 2.27. The number of hydrogen-bond acceptors (Lipinski definition) is 1. The van der Waals surface area contributed by atoms with Crippen LogP contribution in [-0.4, -0.2) is 9.55 Å². The van der Waals surface area contributed by atoms with Gasteiger partial charge in [0.25, 0.3) is 0 Å². The minimum Gasteiger partial charge on any atom is -0.356 e. The highest BCUT2D eigenvalue weighted by atomic mass is 14.9. The van der Waals surface area contributed by atoms with Crippen molar-refractivity contribution < 1.29 is 0 Å². The number of pyridine rings is 1. The molecule has 0 fully saturated rings. The zero-order valence-electron chi connectivity index (χ0n) is 8.28. The molecule has 68 valence electrons. The second-order valence-electron chi connectivity index (χ2n) is 3.82. The molecule has 0 aromatic carbocycles. The largest absolute Gasteiger partial charge is 0.356 e. The molecule has 0 unspecified atom stereocenters. The molecule has 0 saturated heterocycles. The fourth-order valence-electron chi connectivity index (χ4n) is 1.51. The van der Waals surface area contributed by atoms with Gasteiger partial charge in [-0.25, -0.2) is 0 Å². The number of rotatable bonds is 1. The van der Waals surface area contributed by atoms with Gasteiger partial charge in [-0.05, 0) is 12.0 Å². The summed E-state index contributed by atoms with van der Waals surface area (Å²) >= 11 is 0. The summed E-state index contributed by atoms with van der Waals surface area (Å²) < 4.78 is 2.07. The normalized spacial score (nSPS) is 11.4. The molecular formula is C11H14N2. The van der Waals surface area contributed by atoms with E-state index in [9.17, 15) is 0 Å². The monoisotopic (exact) mass is 174 g/mol. The van der Waals surface area contributed by atoms with Crippen molar-refractivity contribution in [3.05, 3.63) is 30.4 Å². The lowest BCUT2D eigenvalue weighted by atomic mass is 10.1. The minimum atomic E-state index is 0.504. The summed E-state index contributed by atoms with van der Waals surface area (Å²) in [7, 11) is 2.04. The lowest BCUT2D eigenvalue weighted by molar-refractivity contribution is 0.826. The van der Waals surface area contributed by atoms with Crippen molar-refractivity contribution in [2.75, 3.05) is 0 Å². The third-order valence-electron chi connectivity index (χ3n) is 2.27. The van der Waals surface area contributed by atoms with Gasteiger partial charge >= 0.3 is 0 Å². The Bertz CT molecular complexity index is 427. The van der Waals surface area contributed by atoms with Gasteiger partial charge in [0.2, 0.25) is 0 Å². The van der Waals surface area contributed by atoms with Crippen LogP contribution >= 0.6 is 0 Å². The molecule has 13 heavy (non-hydrogen) atoms. The van der Waals surface area contributed by atoms with Gasteiger partial charge in [0, 0.05) is 42.1 Å². The van der Waals surface area contributed by atoms with E-state index in [1.807, 2.05) is 13.2 Å². The van der Waals surface area contributed by atoms with Crippen LogP contribution in [0.3, 0.4) is 0 Å². The van der Waals surface area contributed by atoms with E-state index < -0.39 is 0 Å². The van der Waals surface area contributed by atoms with Crippen molar-refractivity contribution in [1.29, 1.82) is 0 Å². The maximum absolute atomic E-state index is 4.41. The number of fused-ring (bicyclic) bond motifs is 1. The molecular weight excluding hydrogens is 160 g/mol. The SMILES string of the molecule is CC(C)c1cc2cn(C)cc2cn1. The molecule has 0 bridgehead atoms. The van der Waals surface area contributed by atoms with Crippen LogP contribution in [0.4, 0.5) is 0 Å². The molecule has 0 radical (unpaired) electrons. The van der Waals surface area contributed by atoms with Crippen molar-refractivity contribution in [1.82, 2.24) is 9.55 Å². The fraction of sp³-hybridized carbons (Fsp3) is 0.364. The Morgan fingerprint density at radius 2 is 1.92 bits per heavy atom. The van der Waals surface area contributed by atoms with Crippen LogP contribution in [0.15, 0.2) is 24.7 Å².